The van der Waals surface area contributed by atoms with Crippen molar-refractivity contribution in [3.63, 3.8) is 0 Å². The van der Waals surface area contributed by atoms with Gasteiger partial charge in [-0.2, -0.15) is 0 Å². The fraction of sp³-hybridized carbons (Fsp3) is 0.600. The average molecular weight is 436 g/mol. The zero-order valence-corrected chi connectivity index (χ0v) is 19.5. The van der Waals surface area contributed by atoms with Crippen molar-refractivity contribution in [3.05, 3.63) is 30.7 Å². The number of nitrogen functional groups attached to an aromatic ring is 1. The van der Waals surface area contributed by atoms with Gasteiger partial charge in [0.25, 0.3) is 0 Å². The van der Waals surface area contributed by atoms with Gasteiger partial charge in [0, 0.05) is 24.0 Å². The van der Waals surface area contributed by atoms with Crippen LogP contribution in [0.15, 0.2) is 30.7 Å². The van der Waals surface area contributed by atoms with Crippen LogP contribution < -0.4 is 11.1 Å². The fourth-order valence-electron chi connectivity index (χ4n) is 4.96. The zero-order valence-electron chi connectivity index (χ0n) is 19.5. The second-order valence-corrected chi connectivity index (χ2v) is 9.40. The Morgan fingerprint density at radius 3 is 2.50 bits per heavy atom. The van der Waals surface area contributed by atoms with Gasteiger partial charge in [0.1, 0.15) is 5.82 Å². The monoisotopic (exact) mass is 435 g/mol. The normalized spacial score (nSPS) is 19.8. The predicted molar refractivity (Wildman–Crippen MR) is 130 cm³/mol. The highest BCUT2D eigenvalue weighted by Gasteiger charge is 2.25. The molecule has 32 heavy (non-hydrogen) atoms. The highest BCUT2D eigenvalue weighted by atomic mass is 15.3. The van der Waals surface area contributed by atoms with E-state index in [2.05, 4.69) is 34.1 Å². The van der Waals surface area contributed by atoms with Crippen LogP contribution in [0.2, 0.25) is 0 Å². The number of fused-ring (bicyclic) bond motifs is 1. The van der Waals surface area contributed by atoms with Crippen LogP contribution in [0.4, 0.5) is 11.8 Å². The van der Waals surface area contributed by atoms with E-state index in [0.29, 0.717) is 6.04 Å². The third-order valence-corrected chi connectivity index (χ3v) is 7.02. The summed E-state index contributed by atoms with van der Waals surface area (Å²) in [5.74, 6) is 2.88. The minimum atomic E-state index is 0.263. The molecular weight excluding hydrogens is 398 g/mol. The molecule has 1 saturated carbocycles. The van der Waals surface area contributed by atoms with Gasteiger partial charge in [-0.05, 0) is 49.7 Å². The van der Waals surface area contributed by atoms with Gasteiger partial charge in [0.15, 0.2) is 5.65 Å². The van der Waals surface area contributed by atoms with Crippen LogP contribution in [0.3, 0.4) is 0 Å². The number of rotatable bonds is 10. The molecule has 0 bridgehead atoms. The number of unbranched alkanes of at least 4 members (excludes halogenated alkanes) is 4. The Labute approximate surface area is 191 Å². The first kappa shape index (κ1) is 22.5. The van der Waals surface area contributed by atoms with Gasteiger partial charge in [0.05, 0.1) is 11.9 Å². The molecule has 1 fully saturated rings. The summed E-state index contributed by atoms with van der Waals surface area (Å²) < 4.78 is 1.85. The van der Waals surface area contributed by atoms with E-state index in [0.717, 1.165) is 34.6 Å². The molecule has 4 rings (SSSR count). The molecule has 0 aliphatic heterocycles. The lowest BCUT2D eigenvalue weighted by molar-refractivity contribution is 0.238. The quantitative estimate of drug-likeness (QED) is 0.395. The van der Waals surface area contributed by atoms with Gasteiger partial charge in [-0.15, -0.1) is 5.10 Å². The van der Waals surface area contributed by atoms with Gasteiger partial charge in [-0.3, -0.25) is 0 Å². The van der Waals surface area contributed by atoms with E-state index in [-0.39, 0.29) is 5.95 Å². The van der Waals surface area contributed by atoms with Crippen LogP contribution in [-0.2, 0) is 0 Å². The Kier molecular flexibility index (Phi) is 7.55. The van der Waals surface area contributed by atoms with Gasteiger partial charge in [0.2, 0.25) is 5.95 Å². The molecule has 7 nitrogen and oxygen atoms in total. The van der Waals surface area contributed by atoms with E-state index in [9.17, 15) is 0 Å². The molecule has 0 saturated heterocycles. The van der Waals surface area contributed by atoms with Gasteiger partial charge >= 0.3 is 0 Å². The van der Waals surface area contributed by atoms with Crippen molar-refractivity contribution in [1.29, 1.82) is 0 Å². The SMILES string of the molecule is CCCCCCCC(C)C1CCC(Nc2ccc3ncc(-c4cnc(N)nc4)n3n2)CC1. The predicted octanol–water partition coefficient (Wildman–Crippen LogP) is 5.74. The van der Waals surface area contributed by atoms with Crippen molar-refractivity contribution in [2.75, 3.05) is 11.1 Å². The van der Waals surface area contributed by atoms with E-state index in [1.54, 1.807) is 18.6 Å². The van der Waals surface area contributed by atoms with Gasteiger partial charge in [-0.1, -0.05) is 52.4 Å². The molecule has 0 radical (unpaired) electrons. The molecule has 1 aliphatic rings. The standard InChI is InChI=1S/C25H37N7/c1-3-4-5-6-7-8-18(2)19-9-11-21(12-10-19)30-23-13-14-24-27-17-22(32(24)31-23)20-15-28-25(26)29-16-20/h13-19,21H,3-12H2,1-2H3,(H,30,31)(H2,26,28,29). The Balaban J connectivity index is 1.32. The summed E-state index contributed by atoms with van der Waals surface area (Å²) in [6.45, 7) is 4.75. The maximum atomic E-state index is 5.62. The second kappa shape index (κ2) is 10.7. The first-order chi connectivity index (χ1) is 15.6. The third kappa shape index (κ3) is 5.56. The number of nitrogens with two attached hydrogens (primary N) is 1. The first-order valence-electron chi connectivity index (χ1n) is 12.3. The molecule has 0 spiro atoms. The third-order valence-electron chi connectivity index (χ3n) is 7.02. The minimum absolute atomic E-state index is 0.263. The maximum absolute atomic E-state index is 5.62. The summed E-state index contributed by atoms with van der Waals surface area (Å²) >= 11 is 0. The van der Waals surface area contributed by atoms with Crippen LogP contribution in [-0.4, -0.2) is 30.6 Å². The van der Waals surface area contributed by atoms with Crippen LogP contribution in [0.1, 0.15) is 78.1 Å². The summed E-state index contributed by atoms with van der Waals surface area (Å²) in [5.41, 5.74) is 8.13. The van der Waals surface area contributed by atoms with E-state index in [1.165, 1.54) is 64.2 Å². The lowest BCUT2D eigenvalue weighted by Gasteiger charge is -2.33. The number of anilines is 2. The number of nitrogens with zero attached hydrogens (tertiary/aromatic N) is 5. The molecule has 7 heteroatoms. The molecule has 3 N–H and O–H groups in total. The maximum Gasteiger partial charge on any atom is 0.219 e. The van der Waals surface area contributed by atoms with Crippen molar-refractivity contribution >= 4 is 17.4 Å². The topological polar surface area (TPSA) is 94.0 Å². The van der Waals surface area contributed by atoms with Crippen molar-refractivity contribution < 1.29 is 0 Å². The van der Waals surface area contributed by atoms with Crippen molar-refractivity contribution in [2.24, 2.45) is 11.8 Å². The second-order valence-electron chi connectivity index (χ2n) is 9.40. The molecule has 3 aromatic rings. The number of aromatic nitrogens is 5. The minimum Gasteiger partial charge on any atom is -0.368 e. The summed E-state index contributed by atoms with van der Waals surface area (Å²) in [6.07, 6.45) is 18.6. The molecule has 3 aromatic heterocycles. The van der Waals surface area contributed by atoms with Crippen molar-refractivity contribution in [1.82, 2.24) is 24.6 Å². The fourth-order valence-corrected chi connectivity index (χ4v) is 4.96. The van der Waals surface area contributed by atoms with Crippen molar-refractivity contribution in [2.45, 2.75) is 84.1 Å². The smallest absolute Gasteiger partial charge is 0.219 e. The van der Waals surface area contributed by atoms with E-state index in [4.69, 9.17) is 10.8 Å². The molecule has 0 aromatic carbocycles. The van der Waals surface area contributed by atoms with Gasteiger partial charge in [-0.25, -0.2) is 19.5 Å². The molecule has 3 heterocycles. The molecule has 1 unspecified atom stereocenters. The summed E-state index contributed by atoms with van der Waals surface area (Å²) in [4.78, 5) is 12.6. The highest BCUT2D eigenvalue weighted by molar-refractivity contribution is 5.62. The molecule has 172 valence electrons. The van der Waals surface area contributed by atoms with E-state index >= 15 is 0 Å². The van der Waals surface area contributed by atoms with Crippen LogP contribution in [0.25, 0.3) is 16.9 Å². The Bertz CT molecular complexity index is 974. The lowest BCUT2D eigenvalue weighted by atomic mass is 9.77. The van der Waals surface area contributed by atoms with Gasteiger partial charge < -0.3 is 11.1 Å². The summed E-state index contributed by atoms with van der Waals surface area (Å²) in [6, 6.07) is 4.51. The van der Waals surface area contributed by atoms with Crippen LogP contribution in [0, 0.1) is 11.8 Å². The highest BCUT2D eigenvalue weighted by Crippen LogP contribution is 2.34. The zero-order chi connectivity index (χ0) is 22.3. The lowest BCUT2D eigenvalue weighted by Crippen LogP contribution is -2.29. The van der Waals surface area contributed by atoms with Crippen LogP contribution in [0.5, 0.6) is 0 Å². The first-order valence-corrected chi connectivity index (χ1v) is 12.3. The number of nitrogens with one attached hydrogen (secondary N) is 1. The number of hydrogen-bond donors (Lipinski definition) is 2. The largest absolute Gasteiger partial charge is 0.368 e. The average Bonchev–Trinajstić information content (AvgIpc) is 3.23. The van der Waals surface area contributed by atoms with Crippen molar-refractivity contribution in [3.8, 4) is 11.3 Å². The van der Waals surface area contributed by atoms with E-state index < -0.39 is 0 Å². The summed E-state index contributed by atoms with van der Waals surface area (Å²) in [7, 11) is 0. The van der Waals surface area contributed by atoms with Crippen LogP contribution >= 0.6 is 0 Å². The number of imidazole rings is 1. The Morgan fingerprint density at radius 2 is 1.75 bits per heavy atom. The molecule has 1 atom stereocenters. The van der Waals surface area contributed by atoms with E-state index in [1.807, 2.05) is 16.6 Å². The Morgan fingerprint density at radius 1 is 1.00 bits per heavy atom. The molecular formula is C25H37N7. The number of hydrogen-bond acceptors (Lipinski definition) is 6. The molecule has 1 aliphatic carbocycles. The summed E-state index contributed by atoms with van der Waals surface area (Å²) in [5, 5.41) is 8.47. The molecule has 0 amide bonds. The Hall–Kier alpha value is -2.70.